The molecule has 0 aliphatic heterocycles. The number of hydrogen-bond donors (Lipinski definition) is 2. The summed E-state index contributed by atoms with van der Waals surface area (Å²) in [5, 5.41) is 11.5. The van der Waals surface area contributed by atoms with Gasteiger partial charge in [0.1, 0.15) is 0 Å². The lowest BCUT2D eigenvalue weighted by molar-refractivity contribution is -0.385. The molecule has 0 fully saturated rings. The maximum absolute atomic E-state index is 12.8. The van der Waals surface area contributed by atoms with E-state index in [0.29, 0.717) is 28.6 Å². The van der Waals surface area contributed by atoms with Crippen molar-refractivity contribution in [2.75, 3.05) is 7.05 Å². The number of H-pyrrole nitrogens is 2. The van der Waals surface area contributed by atoms with Crippen LogP contribution in [0.1, 0.15) is 21.5 Å². The molecule has 2 aromatic carbocycles. The van der Waals surface area contributed by atoms with Crippen molar-refractivity contribution in [2.24, 2.45) is 0 Å². The second-order valence-corrected chi connectivity index (χ2v) is 6.78. The van der Waals surface area contributed by atoms with Gasteiger partial charge < -0.3 is 14.9 Å². The number of hydrogen-bond acceptors (Lipinski definition) is 5. The van der Waals surface area contributed by atoms with Gasteiger partial charge in [0.05, 0.1) is 16.0 Å². The highest BCUT2D eigenvalue weighted by Crippen LogP contribution is 2.36. The number of nitrogens with zero attached hydrogens (tertiary/aromatic N) is 2. The van der Waals surface area contributed by atoms with Crippen LogP contribution in [0.25, 0.3) is 11.0 Å². The molecule has 1 aliphatic rings. The van der Waals surface area contributed by atoms with Gasteiger partial charge in [-0.1, -0.05) is 18.2 Å². The summed E-state index contributed by atoms with van der Waals surface area (Å²) >= 11 is 0. The molecule has 3 aromatic rings. The number of likely N-dealkylation sites (N-methyl/N-ethyl adjacent to an activating group) is 1. The third-order valence-electron chi connectivity index (χ3n) is 5.18. The molecule has 0 bridgehead atoms. The summed E-state index contributed by atoms with van der Waals surface area (Å²) in [5.74, 6) is -0.188. The molecule has 9 heteroatoms. The third-order valence-corrected chi connectivity index (χ3v) is 5.18. The molecule has 4 rings (SSSR count). The van der Waals surface area contributed by atoms with E-state index in [2.05, 4.69) is 9.97 Å². The van der Waals surface area contributed by atoms with Gasteiger partial charge in [0, 0.05) is 36.7 Å². The van der Waals surface area contributed by atoms with Gasteiger partial charge in [-0.15, -0.1) is 0 Å². The minimum Gasteiger partial charge on any atom is -0.338 e. The van der Waals surface area contributed by atoms with Crippen LogP contribution in [0.5, 0.6) is 0 Å². The highest BCUT2D eigenvalue weighted by molar-refractivity contribution is 5.94. The fourth-order valence-corrected chi connectivity index (χ4v) is 3.74. The van der Waals surface area contributed by atoms with E-state index in [1.807, 2.05) is 6.07 Å². The second-order valence-electron chi connectivity index (χ2n) is 6.78. The van der Waals surface area contributed by atoms with Gasteiger partial charge in [0.2, 0.25) is 0 Å². The first kappa shape index (κ1) is 17.7. The van der Waals surface area contributed by atoms with Gasteiger partial charge >= 0.3 is 11.1 Å². The standard InChI is InChI=1S/C19H16N4O5/c1-22(19(26)10-5-3-2-4-6-10)11-7-12-13(8-11)16-14(9-15(12)23(27)28)20-17(24)18(25)21-16/h2-6,9,11H,7-8H2,1H3,(H,20,24)(H,21,25). The van der Waals surface area contributed by atoms with Crippen molar-refractivity contribution in [1.82, 2.24) is 14.9 Å². The number of carbonyl (C=O) groups excluding carboxylic acids is 1. The number of carbonyl (C=O) groups is 1. The number of benzene rings is 2. The van der Waals surface area contributed by atoms with Crippen molar-refractivity contribution in [3.63, 3.8) is 0 Å². The van der Waals surface area contributed by atoms with E-state index < -0.39 is 16.0 Å². The summed E-state index contributed by atoms with van der Waals surface area (Å²) in [6.45, 7) is 0. The third kappa shape index (κ3) is 2.77. The van der Waals surface area contributed by atoms with E-state index in [0.717, 1.165) is 0 Å². The summed E-state index contributed by atoms with van der Waals surface area (Å²) in [6, 6.07) is 9.72. The summed E-state index contributed by atoms with van der Waals surface area (Å²) < 4.78 is 0. The number of fused-ring (bicyclic) bond motifs is 3. The number of rotatable bonds is 3. The topological polar surface area (TPSA) is 129 Å². The highest BCUT2D eigenvalue weighted by Gasteiger charge is 2.35. The van der Waals surface area contributed by atoms with Crippen molar-refractivity contribution in [1.29, 1.82) is 0 Å². The molecule has 1 aliphatic carbocycles. The van der Waals surface area contributed by atoms with Crippen LogP contribution in [-0.2, 0) is 12.8 Å². The van der Waals surface area contributed by atoms with Gasteiger partial charge in [-0.05, 0) is 24.1 Å². The van der Waals surface area contributed by atoms with Crippen LogP contribution < -0.4 is 11.1 Å². The van der Waals surface area contributed by atoms with E-state index in [-0.39, 0.29) is 29.6 Å². The zero-order valence-electron chi connectivity index (χ0n) is 14.9. The van der Waals surface area contributed by atoms with Gasteiger partial charge in [0.15, 0.2) is 0 Å². The predicted octanol–water partition coefficient (Wildman–Crippen LogP) is 1.36. The van der Waals surface area contributed by atoms with Crippen molar-refractivity contribution < 1.29 is 9.72 Å². The monoisotopic (exact) mass is 380 g/mol. The van der Waals surface area contributed by atoms with E-state index in [4.69, 9.17) is 0 Å². The Morgan fingerprint density at radius 1 is 1.11 bits per heavy atom. The fraction of sp³-hybridized carbons (Fsp3) is 0.211. The number of aromatic nitrogens is 2. The van der Waals surface area contributed by atoms with Crippen molar-refractivity contribution >= 4 is 22.6 Å². The van der Waals surface area contributed by atoms with E-state index >= 15 is 0 Å². The maximum atomic E-state index is 12.8. The number of amides is 1. The minimum absolute atomic E-state index is 0.131. The Morgan fingerprint density at radius 2 is 1.75 bits per heavy atom. The van der Waals surface area contributed by atoms with Crippen LogP contribution in [0.4, 0.5) is 5.69 Å². The lowest BCUT2D eigenvalue weighted by Gasteiger charge is -2.24. The Hall–Kier alpha value is -3.75. The smallest absolute Gasteiger partial charge is 0.314 e. The molecule has 0 saturated carbocycles. The molecule has 0 saturated heterocycles. The molecule has 1 aromatic heterocycles. The molecule has 2 N–H and O–H groups in total. The van der Waals surface area contributed by atoms with Crippen LogP contribution in [0.15, 0.2) is 46.0 Å². The lowest BCUT2D eigenvalue weighted by atomic mass is 10.1. The Kier molecular flexibility index (Phi) is 4.07. The average Bonchev–Trinajstić information content (AvgIpc) is 3.13. The first-order valence-corrected chi connectivity index (χ1v) is 8.64. The molecule has 28 heavy (non-hydrogen) atoms. The lowest BCUT2D eigenvalue weighted by Crippen LogP contribution is -2.37. The SMILES string of the molecule is CN(C(=O)c1ccccc1)C1Cc2c([N+](=O)[O-])cc3[nH]c(=O)c(=O)[nH]c3c2C1. The van der Waals surface area contributed by atoms with E-state index in [9.17, 15) is 24.5 Å². The number of nitro benzene ring substituents is 1. The number of nitro groups is 1. The molecule has 1 unspecified atom stereocenters. The minimum atomic E-state index is -0.868. The maximum Gasteiger partial charge on any atom is 0.314 e. The predicted molar refractivity (Wildman–Crippen MR) is 102 cm³/mol. The van der Waals surface area contributed by atoms with Crippen molar-refractivity contribution in [3.8, 4) is 0 Å². The first-order valence-electron chi connectivity index (χ1n) is 8.64. The largest absolute Gasteiger partial charge is 0.338 e. The molecule has 0 spiro atoms. The van der Waals surface area contributed by atoms with Gasteiger partial charge in [-0.25, -0.2) is 0 Å². The zero-order chi connectivity index (χ0) is 20.0. The molecule has 1 atom stereocenters. The van der Waals surface area contributed by atoms with Crippen molar-refractivity contribution in [3.05, 3.63) is 83.9 Å². The first-order chi connectivity index (χ1) is 13.4. The van der Waals surface area contributed by atoms with Crippen LogP contribution in [-0.4, -0.2) is 38.8 Å². The van der Waals surface area contributed by atoms with Crippen LogP contribution in [0, 0.1) is 10.1 Å². The second kappa shape index (κ2) is 6.45. The van der Waals surface area contributed by atoms with E-state index in [1.54, 1.807) is 36.2 Å². The normalized spacial score (nSPS) is 15.4. The Balaban J connectivity index is 1.79. The summed E-state index contributed by atoms with van der Waals surface area (Å²) in [7, 11) is 1.66. The molecule has 1 amide bonds. The molecule has 9 nitrogen and oxygen atoms in total. The Morgan fingerprint density at radius 3 is 2.43 bits per heavy atom. The summed E-state index contributed by atoms with van der Waals surface area (Å²) in [4.78, 5) is 53.6. The molecule has 142 valence electrons. The van der Waals surface area contributed by atoms with E-state index in [1.165, 1.54) is 6.07 Å². The number of aromatic amines is 2. The summed E-state index contributed by atoms with van der Waals surface area (Å²) in [5.41, 5.74) is 0.328. The summed E-state index contributed by atoms with van der Waals surface area (Å²) in [6.07, 6.45) is 0.627. The quantitative estimate of drug-likeness (QED) is 0.403. The zero-order valence-corrected chi connectivity index (χ0v) is 14.9. The van der Waals surface area contributed by atoms with Gasteiger partial charge in [0.25, 0.3) is 11.6 Å². The fourth-order valence-electron chi connectivity index (χ4n) is 3.74. The van der Waals surface area contributed by atoms with Crippen molar-refractivity contribution in [2.45, 2.75) is 18.9 Å². The van der Waals surface area contributed by atoms with Crippen LogP contribution in [0.2, 0.25) is 0 Å². The molecular weight excluding hydrogens is 364 g/mol. The molecular formula is C19H16N4O5. The average molecular weight is 380 g/mol. The van der Waals surface area contributed by atoms with Crippen LogP contribution in [0.3, 0.4) is 0 Å². The Bertz CT molecular complexity index is 1230. The van der Waals surface area contributed by atoms with Crippen LogP contribution >= 0.6 is 0 Å². The number of nitrogens with one attached hydrogen (secondary N) is 2. The van der Waals surface area contributed by atoms with Gasteiger partial charge in [-0.2, -0.15) is 0 Å². The van der Waals surface area contributed by atoms with Gasteiger partial charge in [-0.3, -0.25) is 24.5 Å². The highest BCUT2D eigenvalue weighted by atomic mass is 16.6. The molecule has 1 heterocycles. The molecule has 0 radical (unpaired) electrons. The Labute approximate surface area is 157 Å².